The summed E-state index contributed by atoms with van der Waals surface area (Å²) in [5, 5.41) is 4.92. The first-order chi connectivity index (χ1) is 38.5. The molecule has 394 valence electrons. The number of rotatable bonds is 4. The molecule has 16 rings (SSSR count). The molecule has 0 bridgehead atoms. The summed E-state index contributed by atoms with van der Waals surface area (Å²) in [7, 11) is 0. The maximum absolute atomic E-state index is 7.00. The highest BCUT2D eigenvalue weighted by Crippen LogP contribution is 2.63. The molecule has 3 aliphatic heterocycles. The van der Waals surface area contributed by atoms with Crippen molar-refractivity contribution in [1.29, 1.82) is 0 Å². The number of hydrogen-bond donors (Lipinski definition) is 0. The van der Waals surface area contributed by atoms with Gasteiger partial charge in [-0.3, -0.25) is 0 Å². The number of hydrogen-bond acceptors (Lipinski definition) is 5. The quantitative estimate of drug-likeness (QED) is 0.164. The van der Waals surface area contributed by atoms with E-state index in [9.17, 15) is 0 Å². The van der Waals surface area contributed by atoms with E-state index in [2.05, 4.69) is 253 Å². The molecule has 1 fully saturated rings. The Morgan fingerprint density at radius 1 is 0.500 bits per heavy atom. The molecule has 2 atom stereocenters. The first-order valence-electron chi connectivity index (χ1n) is 29.5. The van der Waals surface area contributed by atoms with Gasteiger partial charge in [0.2, 0.25) is 0 Å². The Kier molecular flexibility index (Phi) is 10.0. The van der Waals surface area contributed by atoms with Crippen LogP contribution in [0.1, 0.15) is 123 Å². The predicted molar refractivity (Wildman–Crippen MR) is 343 cm³/mol. The van der Waals surface area contributed by atoms with Crippen LogP contribution in [0.4, 0.5) is 45.5 Å². The highest BCUT2D eigenvalue weighted by atomic mass is 32.1. The van der Waals surface area contributed by atoms with Crippen LogP contribution in [0.3, 0.4) is 0 Å². The van der Waals surface area contributed by atoms with E-state index in [0.29, 0.717) is 0 Å². The summed E-state index contributed by atoms with van der Waals surface area (Å²) in [6.45, 7) is 22.1. The molecule has 0 amide bonds. The average Bonchev–Trinajstić information content (AvgIpc) is 4.09. The number of anilines is 8. The fourth-order valence-electron chi connectivity index (χ4n) is 16.0. The Bertz CT molecular complexity index is 4440. The summed E-state index contributed by atoms with van der Waals surface area (Å²) < 4.78 is 9.63. The van der Waals surface area contributed by atoms with E-state index >= 15 is 0 Å². The van der Waals surface area contributed by atoms with E-state index in [1.807, 2.05) is 11.3 Å². The maximum atomic E-state index is 7.00. The first kappa shape index (κ1) is 48.4. The molecule has 11 aromatic rings. The summed E-state index contributed by atoms with van der Waals surface area (Å²) in [6, 6.07) is 68.2. The van der Waals surface area contributed by atoms with E-state index in [1.165, 1.54) is 123 Å². The molecule has 80 heavy (non-hydrogen) atoms. The molecular formula is C74H68BN3OS. The normalized spacial score (nSPS) is 20.5. The van der Waals surface area contributed by atoms with Gasteiger partial charge in [0.25, 0.3) is 6.71 Å². The molecule has 2 aromatic heterocycles. The minimum Gasteiger partial charge on any atom is -0.456 e. The van der Waals surface area contributed by atoms with Gasteiger partial charge in [-0.1, -0.05) is 183 Å². The minimum atomic E-state index is -0.179. The van der Waals surface area contributed by atoms with E-state index in [4.69, 9.17) is 4.42 Å². The highest BCUT2D eigenvalue weighted by Gasteiger charge is 2.58. The van der Waals surface area contributed by atoms with Gasteiger partial charge in [-0.15, -0.1) is 11.3 Å². The summed E-state index contributed by atoms with van der Waals surface area (Å²) in [5.41, 5.74) is 23.6. The molecule has 4 nitrogen and oxygen atoms in total. The van der Waals surface area contributed by atoms with Crippen LogP contribution in [0.25, 0.3) is 53.2 Å². The summed E-state index contributed by atoms with van der Waals surface area (Å²) in [4.78, 5) is 8.29. The van der Waals surface area contributed by atoms with Crippen LogP contribution in [0.5, 0.6) is 0 Å². The van der Waals surface area contributed by atoms with Gasteiger partial charge in [0, 0.05) is 60.3 Å². The molecule has 1 saturated carbocycles. The smallest absolute Gasteiger partial charge is 0.252 e. The van der Waals surface area contributed by atoms with Crippen LogP contribution in [0, 0.1) is 0 Å². The van der Waals surface area contributed by atoms with Crippen LogP contribution in [-0.4, -0.2) is 12.3 Å². The van der Waals surface area contributed by atoms with E-state index in [0.717, 1.165) is 53.3 Å². The second kappa shape index (κ2) is 16.5. The number of para-hydroxylation sites is 2. The number of furan rings is 1. The van der Waals surface area contributed by atoms with E-state index in [-0.39, 0.29) is 33.9 Å². The Hall–Kier alpha value is -7.54. The average molecular weight is 1060 g/mol. The predicted octanol–water partition coefficient (Wildman–Crippen LogP) is 19.1. The second-order valence-corrected chi connectivity index (χ2v) is 28.0. The lowest BCUT2D eigenvalue weighted by atomic mass is 9.33. The van der Waals surface area contributed by atoms with Crippen molar-refractivity contribution in [3.8, 4) is 11.1 Å². The van der Waals surface area contributed by atoms with Crippen molar-refractivity contribution in [2.45, 2.75) is 128 Å². The minimum absolute atomic E-state index is 0.0119. The number of fused-ring (bicyclic) bond motifs is 15. The zero-order valence-corrected chi connectivity index (χ0v) is 48.5. The van der Waals surface area contributed by atoms with Crippen LogP contribution >= 0.6 is 11.3 Å². The Morgan fingerprint density at radius 2 is 1.18 bits per heavy atom. The largest absolute Gasteiger partial charge is 0.456 e. The molecule has 0 saturated heterocycles. The lowest BCUT2D eigenvalue weighted by molar-refractivity contribution is 0.195. The van der Waals surface area contributed by atoms with E-state index < -0.39 is 0 Å². The fraction of sp³-hybridized carbons (Fsp3) is 0.270. The molecule has 5 aliphatic rings. The summed E-state index contributed by atoms with van der Waals surface area (Å²) in [5.74, 6) is 0. The first-order valence-corrected chi connectivity index (χ1v) is 30.3. The van der Waals surface area contributed by atoms with Gasteiger partial charge < -0.3 is 19.1 Å². The number of thiophene rings is 1. The van der Waals surface area contributed by atoms with Crippen molar-refractivity contribution in [3.05, 3.63) is 198 Å². The highest BCUT2D eigenvalue weighted by molar-refractivity contribution is 7.26. The molecule has 9 aromatic carbocycles. The van der Waals surface area contributed by atoms with Gasteiger partial charge in [-0.05, 0) is 154 Å². The third kappa shape index (κ3) is 6.51. The number of benzene rings is 9. The molecule has 0 spiro atoms. The molecule has 0 N–H and O–H groups in total. The van der Waals surface area contributed by atoms with Crippen molar-refractivity contribution >= 4 is 122 Å². The van der Waals surface area contributed by atoms with E-state index in [1.54, 1.807) is 0 Å². The summed E-state index contributed by atoms with van der Waals surface area (Å²) >= 11 is 1.94. The lowest BCUT2D eigenvalue weighted by Gasteiger charge is -2.51. The topological polar surface area (TPSA) is 22.9 Å². The van der Waals surface area contributed by atoms with Crippen molar-refractivity contribution in [3.63, 3.8) is 0 Å². The second-order valence-electron chi connectivity index (χ2n) is 27.0. The van der Waals surface area contributed by atoms with Gasteiger partial charge >= 0.3 is 0 Å². The molecule has 0 radical (unpaired) electrons. The molecule has 6 heteroatoms. The summed E-state index contributed by atoms with van der Waals surface area (Å²) in [6.07, 6.45) is 6.98. The zero-order valence-electron chi connectivity index (χ0n) is 47.7. The Morgan fingerprint density at radius 3 is 1.98 bits per heavy atom. The van der Waals surface area contributed by atoms with Crippen molar-refractivity contribution in [1.82, 2.24) is 0 Å². The van der Waals surface area contributed by atoms with Gasteiger partial charge in [0.1, 0.15) is 11.2 Å². The Balaban J connectivity index is 1.11. The molecule has 2 unspecified atom stereocenters. The van der Waals surface area contributed by atoms with Gasteiger partial charge in [0.05, 0.1) is 32.7 Å². The zero-order chi connectivity index (χ0) is 54.4. The van der Waals surface area contributed by atoms with Crippen molar-refractivity contribution in [2.24, 2.45) is 0 Å². The maximum Gasteiger partial charge on any atom is 0.252 e. The van der Waals surface area contributed by atoms with Gasteiger partial charge in [-0.25, -0.2) is 0 Å². The molecule has 5 heterocycles. The Labute approximate surface area is 475 Å². The van der Waals surface area contributed by atoms with Crippen LogP contribution < -0.4 is 31.1 Å². The SMILES string of the molecule is CC(C)(C)c1ccc(N2c3cc(N4c5ccccc5C5(C)CCCCC45C)cc4c3B(c3cc5c(cc3N4c3cccc4c3sc3ccccc34)C(C)(C)CCC5(C)C)c3ccc4oc5ccccc5c4c32)c(-c2ccccc2)c1. The third-order valence-corrected chi connectivity index (χ3v) is 21.8. The van der Waals surface area contributed by atoms with Crippen molar-refractivity contribution < 1.29 is 4.42 Å². The molecule has 2 aliphatic carbocycles. The third-order valence-electron chi connectivity index (χ3n) is 20.6. The lowest BCUT2D eigenvalue weighted by Crippen LogP contribution is -2.62. The van der Waals surface area contributed by atoms with Crippen LogP contribution in [0.2, 0.25) is 0 Å². The van der Waals surface area contributed by atoms with Crippen LogP contribution in [-0.2, 0) is 21.7 Å². The van der Waals surface area contributed by atoms with Gasteiger partial charge in [0.15, 0.2) is 0 Å². The standard InChI is InChI=1S/C74H68BN3OS/c1-70(2,3)46-32-34-57(51(40-46)45-22-11-10-12-23-45)77-62-42-47(78-58-28-16-15-27-52(58)73(8)36-19-20-37-74(73,78)9)41-61-67(62)75(55-33-35-64-66(68(55)77)50-25-13-17-30-63(50)79-64)56-43-53-54(72(6,7)39-38-71(53,4)5)44-60(56)76(61)59-29-21-26-49-48-24-14-18-31-65(48)80-69(49)59/h10-18,21-35,40-44H,19-20,36-39H2,1-9H3. The van der Waals surface area contributed by atoms with Crippen molar-refractivity contribution in [2.75, 3.05) is 14.7 Å². The monoisotopic (exact) mass is 1060 g/mol. The van der Waals surface area contributed by atoms with Gasteiger partial charge in [-0.2, -0.15) is 0 Å². The molecular weight excluding hydrogens is 990 g/mol. The fourth-order valence-corrected chi connectivity index (χ4v) is 17.2. The van der Waals surface area contributed by atoms with Crippen LogP contribution in [0.15, 0.2) is 180 Å². The number of nitrogens with zero attached hydrogens (tertiary/aromatic N) is 3.